The Hall–Kier alpha value is -1.01. The summed E-state index contributed by atoms with van der Waals surface area (Å²) in [6, 6.07) is 0.226. The summed E-state index contributed by atoms with van der Waals surface area (Å²) in [7, 11) is 0. The van der Waals surface area contributed by atoms with E-state index in [0.717, 1.165) is 0 Å². The van der Waals surface area contributed by atoms with E-state index in [2.05, 4.69) is 16.2 Å². The third-order valence-electron chi connectivity index (χ3n) is 0.746. The van der Waals surface area contributed by atoms with E-state index in [1.165, 1.54) is 0 Å². The average molecular weight is 195 g/mol. The predicted octanol–water partition coefficient (Wildman–Crippen LogP) is -0.671. The molecule has 0 bridgehead atoms. The molecule has 72 valence electrons. The van der Waals surface area contributed by atoms with Crippen LogP contribution in [0.1, 0.15) is 13.8 Å². The standard InChI is InChI=1S/C5H14N6.ClH/c1-3(2)10-11-5(8)9-4(6)7;/h3,10H,1-2H3,(H6,6,7,8,9,11);1H. The van der Waals surface area contributed by atoms with Crippen molar-refractivity contribution in [1.82, 2.24) is 16.2 Å². The van der Waals surface area contributed by atoms with Gasteiger partial charge < -0.3 is 5.73 Å². The minimum absolute atomic E-state index is 0. The second kappa shape index (κ2) is 6.68. The van der Waals surface area contributed by atoms with Crippen LogP contribution in [0.5, 0.6) is 0 Å². The maximum absolute atomic E-state index is 7.11. The molecule has 12 heavy (non-hydrogen) atoms. The molecule has 0 rings (SSSR count). The van der Waals surface area contributed by atoms with Crippen molar-refractivity contribution in [2.45, 2.75) is 19.9 Å². The van der Waals surface area contributed by atoms with Gasteiger partial charge in [-0.15, -0.1) is 12.4 Å². The highest BCUT2D eigenvalue weighted by Gasteiger charge is 1.95. The van der Waals surface area contributed by atoms with E-state index in [9.17, 15) is 0 Å². The molecule has 6 nitrogen and oxygen atoms in total. The fourth-order valence-corrected chi connectivity index (χ4v) is 0.382. The van der Waals surface area contributed by atoms with E-state index in [1.54, 1.807) is 0 Å². The smallest absolute Gasteiger partial charge is 0.209 e. The summed E-state index contributed by atoms with van der Waals surface area (Å²) in [6.45, 7) is 3.85. The van der Waals surface area contributed by atoms with Gasteiger partial charge in [0.2, 0.25) is 5.96 Å². The maximum Gasteiger partial charge on any atom is 0.209 e. The molecule has 0 aromatic heterocycles. The molecule has 0 saturated heterocycles. The van der Waals surface area contributed by atoms with Gasteiger partial charge in [0.05, 0.1) is 0 Å². The van der Waals surface area contributed by atoms with Crippen molar-refractivity contribution in [3.63, 3.8) is 0 Å². The van der Waals surface area contributed by atoms with Crippen LogP contribution in [-0.4, -0.2) is 18.0 Å². The maximum atomic E-state index is 7.11. The summed E-state index contributed by atoms with van der Waals surface area (Å²) in [4.78, 5) is 0. The fourth-order valence-electron chi connectivity index (χ4n) is 0.382. The van der Waals surface area contributed by atoms with E-state index in [0.29, 0.717) is 0 Å². The zero-order valence-electron chi connectivity index (χ0n) is 7.06. The van der Waals surface area contributed by atoms with Crippen LogP contribution in [-0.2, 0) is 0 Å². The fraction of sp³-hybridized carbons (Fsp3) is 0.600. The monoisotopic (exact) mass is 194 g/mol. The van der Waals surface area contributed by atoms with Crippen molar-refractivity contribution in [1.29, 1.82) is 10.8 Å². The molecule has 0 saturated carbocycles. The molecule has 0 spiro atoms. The summed E-state index contributed by atoms with van der Waals surface area (Å²) in [5.41, 5.74) is 10.2. The Morgan fingerprint density at radius 1 is 1.33 bits per heavy atom. The highest BCUT2D eigenvalue weighted by molar-refractivity contribution is 5.94. The SMILES string of the molecule is CC(C)NNC(=N)NC(=N)N.Cl. The van der Waals surface area contributed by atoms with Crippen LogP contribution in [0.15, 0.2) is 0 Å². The lowest BCUT2D eigenvalue weighted by Gasteiger charge is -2.11. The lowest BCUT2D eigenvalue weighted by Crippen LogP contribution is -2.50. The minimum Gasteiger partial charge on any atom is -0.370 e. The molecule has 0 aromatic carbocycles. The number of rotatable bonds is 2. The molecule has 0 aliphatic heterocycles. The first-order valence-corrected chi connectivity index (χ1v) is 3.23. The van der Waals surface area contributed by atoms with Crippen molar-refractivity contribution >= 4 is 24.3 Å². The Balaban J connectivity index is 0. The van der Waals surface area contributed by atoms with Gasteiger partial charge in [0.25, 0.3) is 0 Å². The van der Waals surface area contributed by atoms with Gasteiger partial charge in [-0.25, -0.2) is 5.43 Å². The zero-order chi connectivity index (χ0) is 8.85. The molecule has 0 unspecified atom stereocenters. The van der Waals surface area contributed by atoms with E-state index in [1.807, 2.05) is 13.8 Å². The summed E-state index contributed by atoms with van der Waals surface area (Å²) in [6.07, 6.45) is 0. The molecule has 0 aliphatic rings. The van der Waals surface area contributed by atoms with Crippen molar-refractivity contribution in [2.24, 2.45) is 5.73 Å². The second-order valence-electron chi connectivity index (χ2n) is 2.34. The molecule has 0 aromatic rings. The normalized spacial score (nSPS) is 8.58. The van der Waals surface area contributed by atoms with E-state index in [4.69, 9.17) is 16.6 Å². The molecule has 0 heterocycles. The van der Waals surface area contributed by atoms with Crippen LogP contribution < -0.4 is 21.9 Å². The third kappa shape index (κ3) is 8.99. The van der Waals surface area contributed by atoms with E-state index < -0.39 is 0 Å². The van der Waals surface area contributed by atoms with Gasteiger partial charge >= 0.3 is 0 Å². The largest absolute Gasteiger partial charge is 0.370 e. The number of guanidine groups is 2. The third-order valence-corrected chi connectivity index (χ3v) is 0.746. The van der Waals surface area contributed by atoms with Crippen LogP contribution in [0, 0.1) is 10.8 Å². The Kier molecular flexibility index (Phi) is 7.56. The van der Waals surface area contributed by atoms with Crippen LogP contribution in [0.4, 0.5) is 0 Å². The molecule has 0 aliphatic carbocycles. The summed E-state index contributed by atoms with van der Waals surface area (Å²) < 4.78 is 0. The molecular formula is C5H15ClN6. The Bertz CT molecular complexity index is 156. The first-order chi connectivity index (χ1) is 5.02. The first kappa shape index (κ1) is 13.6. The van der Waals surface area contributed by atoms with Gasteiger partial charge in [-0.1, -0.05) is 0 Å². The van der Waals surface area contributed by atoms with Crippen LogP contribution in [0.25, 0.3) is 0 Å². The van der Waals surface area contributed by atoms with Crippen LogP contribution in [0.2, 0.25) is 0 Å². The molecule has 0 fully saturated rings. The summed E-state index contributed by atoms with van der Waals surface area (Å²) in [5, 5.41) is 16.1. The van der Waals surface area contributed by atoms with Gasteiger partial charge in [-0.05, 0) is 13.8 Å². The number of halogens is 1. The first-order valence-electron chi connectivity index (χ1n) is 3.23. The summed E-state index contributed by atoms with van der Waals surface area (Å²) in [5.74, 6) is -0.292. The van der Waals surface area contributed by atoms with Gasteiger partial charge in [-0.3, -0.25) is 21.6 Å². The van der Waals surface area contributed by atoms with Crippen LogP contribution in [0.3, 0.4) is 0 Å². The lowest BCUT2D eigenvalue weighted by molar-refractivity contribution is 0.551. The van der Waals surface area contributed by atoms with Crippen molar-refractivity contribution < 1.29 is 0 Å². The molecule has 0 atom stereocenters. The molecule has 0 amide bonds. The van der Waals surface area contributed by atoms with E-state index in [-0.39, 0.29) is 30.4 Å². The van der Waals surface area contributed by atoms with Gasteiger partial charge in [0.15, 0.2) is 5.96 Å². The lowest BCUT2D eigenvalue weighted by atomic mass is 10.4. The van der Waals surface area contributed by atoms with Gasteiger partial charge in [0.1, 0.15) is 0 Å². The number of hydrazine groups is 1. The van der Waals surface area contributed by atoms with Gasteiger partial charge in [0, 0.05) is 6.04 Å². The number of hydrogen-bond donors (Lipinski definition) is 6. The minimum atomic E-state index is -0.256. The van der Waals surface area contributed by atoms with Crippen LogP contribution >= 0.6 is 12.4 Å². The van der Waals surface area contributed by atoms with Crippen molar-refractivity contribution in [3.8, 4) is 0 Å². The molecule has 7 heteroatoms. The quantitative estimate of drug-likeness (QED) is 0.199. The second-order valence-corrected chi connectivity index (χ2v) is 2.34. The predicted molar refractivity (Wildman–Crippen MR) is 51.4 cm³/mol. The average Bonchev–Trinajstić information content (AvgIpc) is 1.82. The highest BCUT2D eigenvalue weighted by Crippen LogP contribution is 1.69. The number of nitrogens with two attached hydrogens (primary N) is 1. The zero-order valence-corrected chi connectivity index (χ0v) is 7.88. The Morgan fingerprint density at radius 2 is 1.83 bits per heavy atom. The van der Waals surface area contributed by atoms with Crippen molar-refractivity contribution in [2.75, 3.05) is 0 Å². The molecule has 7 N–H and O–H groups in total. The number of nitrogens with one attached hydrogen (secondary N) is 5. The Morgan fingerprint density at radius 3 is 2.17 bits per heavy atom. The number of hydrogen-bond acceptors (Lipinski definition) is 3. The topological polar surface area (TPSA) is 110 Å². The van der Waals surface area contributed by atoms with Crippen molar-refractivity contribution in [3.05, 3.63) is 0 Å². The highest BCUT2D eigenvalue weighted by atomic mass is 35.5. The van der Waals surface area contributed by atoms with Gasteiger partial charge in [-0.2, -0.15) is 0 Å². The molecule has 0 radical (unpaired) electrons. The molecular weight excluding hydrogens is 180 g/mol. The Labute approximate surface area is 77.7 Å². The van der Waals surface area contributed by atoms with E-state index >= 15 is 0 Å². The summed E-state index contributed by atoms with van der Waals surface area (Å²) >= 11 is 0.